The molecule has 0 spiro atoms. The van der Waals surface area contributed by atoms with Gasteiger partial charge < -0.3 is 35.6 Å². The van der Waals surface area contributed by atoms with Gasteiger partial charge in [0.1, 0.15) is 0 Å². The van der Waals surface area contributed by atoms with E-state index in [0.717, 1.165) is 30.7 Å². The number of fused-ring (bicyclic) bond motifs is 1. The van der Waals surface area contributed by atoms with Crippen molar-refractivity contribution in [3.05, 3.63) is 46.2 Å². The van der Waals surface area contributed by atoms with Gasteiger partial charge in [-0.1, -0.05) is 18.2 Å². The van der Waals surface area contributed by atoms with E-state index in [-0.39, 0.29) is 0 Å². The van der Waals surface area contributed by atoms with Gasteiger partial charge in [0, 0.05) is 17.3 Å². The average molecular weight is 493 g/mol. The summed E-state index contributed by atoms with van der Waals surface area (Å²) in [6.07, 6.45) is 1.20. The van der Waals surface area contributed by atoms with E-state index in [2.05, 4.69) is 52.2 Å². The summed E-state index contributed by atoms with van der Waals surface area (Å²) in [6, 6.07) is 10.7. The summed E-state index contributed by atoms with van der Waals surface area (Å²) in [7, 11) is 2.18. The van der Waals surface area contributed by atoms with Crippen molar-refractivity contribution in [2.24, 2.45) is 0 Å². The lowest BCUT2D eigenvalue weighted by Crippen LogP contribution is -2.13. The summed E-state index contributed by atoms with van der Waals surface area (Å²) in [5.41, 5.74) is 9.79. The van der Waals surface area contributed by atoms with Crippen molar-refractivity contribution in [2.75, 3.05) is 25.9 Å². The van der Waals surface area contributed by atoms with Crippen LogP contribution in [0, 0.1) is 0 Å². The van der Waals surface area contributed by atoms with Crippen molar-refractivity contribution in [1.82, 2.24) is 14.5 Å². The van der Waals surface area contributed by atoms with Crippen LogP contribution in [0.25, 0.3) is 11.0 Å². The zero-order valence-corrected chi connectivity index (χ0v) is 18.9. The highest BCUT2D eigenvalue weighted by atomic mass is 32.1. The molecule has 1 atom stereocenters. The second-order valence-corrected chi connectivity index (χ2v) is 8.35. The number of likely N-dealkylation sites (tertiary alicyclic amines) is 1. The van der Waals surface area contributed by atoms with E-state index in [1.807, 2.05) is 0 Å². The molecule has 0 aliphatic carbocycles. The van der Waals surface area contributed by atoms with Crippen LogP contribution in [0.2, 0.25) is 0 Å². The molecule has 1 fully saturated rings. The summed E-state index contributed by atoms with van der Waals surface area (Å²) >= 11 is 1.76. The fourth-order valence-electron chi connectivity index (χ4n) is 3.43. The van der Waals surface area contributed by atoms with E-state index in [1.165, 1.54) is 16.9 Å². The van der Waals surface area contributed by atoms with Crippen molar-refractivity contribution >= 4 is 52.2 Å². The number of carboxylic acid groups (broad SMARTS) is 4. The lowest BCUT2D eigenvalue weighted by Gasteiger charge is -2.11. The van der Waals surface area contributed by atoms with Crippen LogP contribution in [0.5, 0.6) is 0 Å². The zero-order valence-electron chi connectivity index (χ0n) is 18.1. The first-order valence-corrected chi connectivity index (χ1v) is 10.8. The number of hydrogen-bond donors (Lipinski definition) is 5. The van der Waals surface area contributed by atoms with E-state index < -0.39 is 23.9 Å². The summed E-state index contributed by atoms with van der Waals surface area (Å²) in [4.78, 5) is 44.8. The minimum atomic E-state index is -1.82. The second-order valence-electron chi connectivity index (χ2n) is 7.32. The third-order valence-corrected chi connectivity index (χ3v) is 5.79. The molecule has 182 valence electrons. The molecule has 1 aliphatic heterocycles. The Morgan fingerprint density at radius 2 is 1.65 bits per heavy atom. The fourth-order valence-corrected chi connectivity index (χ4v) is 4.12. The molecule has 4 rings (SSSR count). The number of nitrogen functional groups attached to an aromatic ring is 1. The number of para-hydroxylation sites is 1. The normalized spacial score (nSPS) is 15.0. The number of carboxylic acids is 4. The van der Waals surface area contributed by atoms with Gasteiger partial charge in [0.2, 0.25) is 5.95 Å². The number of hydrogen-bond acceptors (Lipinski definition) is 8. The SMILES string of the molecule is CN1CCC(c2cccc3c2nc(N)n3Cc2cccs2)C1.O=C(O)C(=O)O.O=C(O)C(=O)O. The zero-order chi connectivity index (χ0) is 25.4. The van der Waals surface area contributed by atoms with Crippen LogP contribution in [-0.2, 0) is 25.7 Å². The van der Waals surface area contributed by atoms with Gasteiger partial charge in [0.05, 0.1) is 17.6 Å². The average Bonchev–Trinajstić information content (AvgIpc) is 3.50. The molecule has 13 heteroatoms. The summed E-state index contributed by atoms with van der Waals surface area (Å²) in [5.74, 6) is -6.12. The van der Waals surface area contributed by atoms with Crippen molar-refractivity contribution < 1.29 is 39.6 Å². The third-order valence-electron chi connectivity index (χ3n) is 4.93. The highest BCUT2D eigenvalue weighted by Crippen LogP contribution is 2.32. The van der Waals surface area contributed by atoms with Crippen LogP contribution in [-0.4, -0.2) is 78.9 Å². The Hall–Kier alpha value is -3.97. The van der Waals surface area contributed by atoms with E-state index >= 15 is 0 Å². The smallest absolute Gasteiger partial charge is 0.414 e. The highest BCUT2D eigenvalue weighted by molar-refractivity contribution is 7.09. The lowest BCUT2D eigenvalue weighted by atomic mass is 9.97. The number of nitrogens with two attached hydrogens (primary N) is 1. The standard InChI is InChI=1S/C17H20N4S.2C2H2O4/c1-20-8-7-12(10-20)14-5-2-6-15-16(14)19-17(18)21(15)11-13-4-3-9-22-13;2*3-1(4)2(5)6/h2-6,9,12H,7-8,10-11H2,1H3,(H2,18,19);2*(H,3,4)(H,5,6). The van der Waals surface area contributed by atoms with E-state index in [0.29, 0.717) is 11.9 Å². The molecule has 6 N–H and O–H groups in total. The van der Waals surface area contributed by atoms with Crippen LogP contribution in [0.1, 0.15) is 22.8 Å². The molecule has 0 radical (unpaired) electrons. The quantitative estimate of drug-likeness (QED) is 0.332. The number of nitrogens with zero attached hydrogens (tertiary/aromatic N) is 3. The van der Waals surface area contributed by atoms with E-state index in [4.69, 9.17) is 50.3 Å². The molecule has 3 aromatic rings. The Bertz CT molecular complexity index is 1130. The Morgan fingerprint density at radius 1 is 1.03 bits per heavy atom. The fraction of sp³-hybridized carbons (Fsp3) is 0.286. The molecule has 3 heterocycles. The second kappa shape index (κ2) is 11.8. The molecular weight excluding hydrogens is 468 g/mol. The van der Waals surface area contributed by atoms with Crippen molar-refractivity contribution in [3.63, 3.8) is 0 Å². The maximum Gasteiger partial charge on any atom is 0.414 e. The monoisotopic (exact) mass is 492 g/mol. The van der Waals surface area contributed by atoms with Crippen molar-refractivity contribution in [3.8, 4) is 0 Å². The molecule has 1 unspecified atom stereocenters. The number of likely N-dealkylation sites (N-methyl/N-ethyl adjacent to an activating group) is 1. The van der Waals surface area contributed by atoms with Gasteiger partial charge in [0.15, 0.2) is 0 Å². The number of benzene rings is 1. The molecule has 12 nitrogen and oxygen atoms in total. The molecule has 1 aromatic carbocycles. The lowest BCUT2D eigenvalue weighted by molar-refractivity contribution is -0.159. The number of imidazole rings is 1. The minimum Gasteiger partial charge on any atom is -0.473 e. The predicted octanol–water partition coefficient (Wildman–Crippen LogP) is 1.46. The Morgan fingerprint density at radius 3 is 2.12 bits per heavy atom. The topological polar surface area (TPSA) is 196 Å². The Balaban J connectivity index is 0.000000285. The molecule has 0 bridgehead atoms. The molecule has 0 amide bonds. The van der Waals surface area contributed by atoms with Gasteiger partial charge in [-0.2, -0.15) is 0 Å². The highest BCUT2D eigenvalue weighted by Gasteiger charge is 2.24. The first-order valence-electron chi connectivity index (χ1n) is 9.89. The number of carbonyl (C=O) groups is 4. The van der Waals surface area contributed by atoms with Gasteiger partial charge in [-0.25, -0.2) is 24.2 Å². The molecule has 0 saturated carbocycles. The van der Waals surface area contributed by atoms with Crippen LogP contribution in [0.15, 0.2) is 35.7 Å². The van der Waals surface area contributed by atoms with Crippen LogP contribution in [0.3, 0.4) is 0 Å². The third kappa shape index (κ3) is 7.02. The van der Waals surface area contributed by atoms with Crippen molar-refractivity contribution in [2.45, 2.75) is 18.9 Å². The minimum absolute atomic E-state index is 0.568. The largest absolute Gasteiger partial charge is 0.473 e. The van der Waals surface area contributed by atoms with E-state index in [1.54, 1.807) is 11.3 Å². The molecule has 1 saturated heterocycles. The molecular formula is C21H24N4O8S. The van der Waals surface area contributed by atoms with E-state index in [9.17, 15) is 0 Å². The summed E-state index contributed by atoms with van der Waals surface area (Å²) in [5, 5.41) is 31.7. The van der Waals surface area contributed by atoms with Crippen LogP contribution >= 0.6 is 11.3 Å². The summed E-state index contributed by atoms with van der Waals surface area (Å²) in [6.45, 7) is 3.07. The Labute approximate surface area is 197 Å². The number of aromatic nitrogens is 2. The van der Waals surface area contributed by atoms with Gasteiger partial charge >= 0.3 is 23.9 Å². The molecule has 2 aromatic heterocycles. The Kier molecular flexibility index (Phi) is 9.10. The predicted molar refractivity (Wildman–Crippen MR) is 123 cm³/mol. The number of rotatable bonds is 3. The van der Waals surface area contributed by atoms with Gasteiger partial charge in [-0.05, 0) is 43.1 Å². The van der Waals surface area contributed by atoms with Crippen LogP contribution in [0.4, 0.5) is 5.95 Å². The van der Waals surface area contributed by atoms with Gasteiger partial charge in [-0.3, -0.25) is 0 Å². The van der Waals surface area contributed by atoms with Gasteiger partial charge in [0.25, 0.3) is 0 Å². The van der Waals surface area contributed by atoms with Crippen LogP contribution < -0.4 is 5.73 Å². The number of thiophene rings is 1. The first kappa shape index (κ1) is 26.3. The summed E-state index contributed by atoms with van der Waals surface area (Å²) < 4.78 is 2.13. The molecule has 1 aliphatic rings. The maximum atomic E-state index is 9.10. The number of aliphatic carboxylic acids is 4. The van der Waals surface area contributed by atoms with Gasteiger partial charge in [-0.15, -0.1) is 11.3 Å². The maximum absolute atomic E-state index is 9.10. The molecule has 34 heavy (non-hydrogen) atoms. The number of anilines is 1. The first-order chi connectivity index (χ1) is 16.0. The van der Waals surface area contributed by atoms with Crippen molar-refractivity contribution in [1.29, 1.82) is 0 Å².